The van der Waals surface area contributed by atoms with Gasteiger partial charge in [0.2, 0.25) is 0 Å². The van der Waals surface area contributed by atoms with Crippen molar-refractivity contribution in [2.75, 3.05) is 25.1 Å². The van der Waals surface area contributed by atoms with Crippen LogP contribution in [0.2, 0.25) is 0 Å². The molecule has 0 spiro atoms. The Hall–Kier alpha value is -2.54. The number of hydrogen-bond acceptors (Lipinski definition) is 7. The van der Waals surface area contributed by atoms with Gasteiger partial charge in [0.1, 0.15) is 10.6 Å². The van der Waals surface area contributed by atoms with Gasteiger partial charge in [-0.25, -0.2) is 9.97 Å². The number of rotatable bonds is 3. The van der Waals surface area contributed by atoms with Gasteiger partial charge in [0.25, 0.3) is 0 Å². The molecule has 1 fully saturated rings. The number of carbonyl (C=O) groups is 1. The Morgan fingerprint density at radius 2 is 2.14 bits per heavy atom. The molecule has 0 unspecified atom stereocenters. The van der Waals surface area contributed by atoms with Crippen molar-refractivity contribution >= 4 is 33.3 Å². The van der Waals surface area contributed by atoms with E-state index in [1.54, 1.807) is 6.20 Å². The molecule has 5 rings (SSSR count). The van der Waals surface area contributed by atoms with Crippen molar-refractivity contribution in [3.63, 3.8) is 0 Å². The van der Waals surface area contributed by atoms with E-state index in [9.17, 15) is 4.79 Å². The normalized spacial score (nSPS) is 19.2. The largest absolute Gasteiger partial charge is 0.469 e. The summed E-state index contributed by atoms with van der Waals surface area (Å²) in [7, 11) is 1.47. The Balaban J connectivity index is 1.65. The Kier molecular flexibility index (Phi) is 4.91. The van der Waals surface area contributed by atoms with Crippen molar-refractivity contribution < 1.29 is 9.53 Å². The second kappa shape index (κ2) is 7.71. The summed E-state index contributed by atoms with van der Waals surface area (Å²) in [6, 6.07) is 3.91. The topological polar surface area (TPSA) is 68.2 Å². The van der Waals surface area contributed by atoms with Crippen molar-refractivity contribution in [3.8, 4) is 11.4 Å². The summed E-state index contributed by atoms with van der Waals surface area (Å²) in [5, 5.41) is 1.20. The highest BCUT2D eigenvalue weighted by Crippen LogP contribution is 2.41. The van der Waals surface area contributed by atoms with Crippen molar-refractivity contribution in [3.05, 3.63) is 35.0 Å². The highest BCUT2D eigenvalue weighted by atomic mass is 32.1. The molecule has 1 aliphatic heterocycles. The van der Waals surface area contributed by atoms with E-state index < -0.39 is 0 Å². The Labute approximate surface area is 174 Å². The molecule has 3 aromatic heterocycles. The van der Waals surface area contributed by atoms with Crippen LogP contribution >= 0.6 is 11.3 Å². The van der Waals surface area contributed by atoms with Gasteiger partial charge in [-0.3, -0.25) is 9.78 Å². The summed E-state index contributed by atoms with van der Waals surface area (Å²) in [5.41, 5.74) is 2.34. The maximum atomic E-state index is 12.2. The fourth-order valence-corrected chi connectivity index (χ4v) is 5.78. The number of methoxy groups -OCH3 is 1. The van der Waals surface area contributed by atoms with Crippen molar-refractivity contribution in [1.29, 1.82) is 0 Å². The quantitative estimate of drug-likeness (QED) is 0.610. The first-order chi connectivity index (χ1) is 14.2. The van der Waals surface area contributed by atoms with Gasteiger partial charge in [-0.05, 0) is 56.2 Å². The number of esters is 1. The lowest BCUT2D eigenvalue weighted by atomic mass is 9.95. The van der Waals surface area contributed by atoms with Crippen LogP contribution in [0.25, 0.3) is 21.6 Å². The second-order valence-corrected chi connectivity index (χ2v) is 8.90. The number of fused-ring (bicyclic) bond motifs is 3. The lowest BCUT2D eigenvalue weighted by Gasteiger charge is -2.33. The van der Waals surface area contributed by atoms with Crippen molar-refractivity contribution in [1.82, 2.24) is 15.0 Å². The number of carbonyl (C=O) groups excluding carboxylic acids is 1. The van der Waals surface area contributed by atoms with Gasteiger partial charge in [-0.1, -0.05) is 0 Å². The maximum Gasteiger partial charge on any atom is 0.310 e. The van der Waals surface area contributed by atoms with Crippen LogP contribution in [0.1, 0.15) is 36.1 Å². The van der Waals surface area contributed by atoms with E-state index in [1.165, 1.54) is 35.8 Å². The Morgan fingerprint density at radius 3 is 2.97 bits per heavy atom. The zero-order valence-corrected chi connectivity index (χ0v) is 17.4. The fraction of sp³-hybridized carbons (Fsp3) is 0.455. The van der Waals surface area contributed by atoms with Gasteiger partial charge in [-0.15, -0.1) is 11.3 Å². The smallest absolute Gasteiger partial charge is 0.310 e. The molecule has 6 nitrogen and oxygen atoms in total. The van der Waals surface area contributed by atoms with Crippen molar-refractivity contribution in [2.24, 2.45) is 5.92 Å². The van der Waals surface area contributed by atoms with Gasteiger partial charge in [0, 0.05) is 35.9 Å². The highest BCUT2D eigenvalue weighted by molar-refractivity contribution is 7.19. The molecule has 0 radical (unpaired) electrons. The minimum Gasteiger partial charge on any atom is -0.469 e. The van der Waals surface area contributed by atoms with Crippen LogP contribution in [-0.2, 0) is 22.4 Å². The van der Waals surface area contributed by atoms with E-state index in [0.717, 1.165) is 48.4 Å². The number of aryl methyl sites for hydroxylation is 2. The Morgan fingerprint density at radius 1 is 1.24 bits per heavy atom. The van der Waals surface area contributed by atoms with Crippen LogP contribution in [0.3, 0.4) is 0 Å². The zero-order chi connectivity index (χ0) is 19.8. The summed E-state index contributed by atoms with van der Waals surface area (Å²) < 4.78 is 5.03. The minimum atomic E-state index is -0.125. The molecular formula is C22H24N4O2S. The molecule has 150 valence electrons. The van der Waals surface area contributed by atoms with Crippen LogP contribution in [0.5, 0.6) is 0 Å². The van der Waals surface area contributed by atoms with Gasteiger partial charge in [-0.2, -0.15) is 0 Å². The number of anilines is 1. The van der Waals surface area contributed by atoms with Gasteiger partial charge < -0.3 is 9.64 Å². The monoisotopic (exact) mass is 408 g/mol. The lowest BCUT2D eigenvalue weighted by molar-refractivity contribution is -0.145. The third-order valence-electron chi connectivity index (χ3n) is 5.97. The summed E-state index contributed by atoms with van der Waals surface area (Å²) in [5.74, 6) is 1.45. The molecule has 29 heavy (non-hydrogen) atoms. The average Bonchev–Trinajstić information content (AvgIpc) is 3.17. The molecule has 2 aliphatic rings. The summed E-state index contributed by atoms with van der Waals surface area (Å²) in [6.45, 7) is 1.55. The SMILES string of the molecule is COC(=O)[C@H]1CCCN(c2nc(-c3cccnc3)nc3sc4c(c23)CCCC4)C1. The lowest BCUT2D eigenvalue weighted by Crippen LogP contribution is -2.39. The maximum absolute atomic E-state index is 12.2. The average molecular weight is 409 g/mol. The molecule has 4 heterocycles. The van der Waals surface area contributed by atoms with Gasteiger partial charge in [0.15, 0.2) is 5.82 Å². The third kappa shape index (κ3) is 3.37. The molecular weight excluding hydrogens is 384 g/mol. The molecule has 1 aliphatic carbocycles. The van der Waals surface area contributed by atoms with E-state index in [2.05, 4.69) is 9.88 Å². The van der Waals surface area contributed by atoms with E-state index in [4.69, 9.17) is 14.7 Å². The summed E-state index contributed by atoms with van der Waals surface area (Å²) >= 11 is 1.81. The zero-order valence-electron chi connectivity index (χ0n) is 16.6. The standard InChI is InChI=1S/C22H24N4O2S/c1-28-22(27)15-7-5-11-26(13-15)20-18-16-8-2-3-9-17(16)29-21(18)25-19(24-20)14-6-4-10-23-12-14/h4,6,10,12,15H,2-3,5,7-9,11,13H2,1H3/t15-/m0/s1. The minimum absolute atomic E-state index is 0.102. The van der Waals surface area contributed by atoms with E-state index >= 15 is 0 Å². The summed E-state index contributed by atoms with van der Waals surface area (Å²) in [4.78, 5) is 31.2. The predicted octanol–water partition coefficient (Wildman–Crippen LogP) is 4.02. The van der Waals surface area contributed by atoms with E-state index in [-0.39, 0.29) is 11.9 Å². The first-order valence-electron chi connectivity index (χ1n) is 10.3. The van der Waals surface area contributed by atoms with Crippen molar-refractivity contribution in [2.45, 2.75) is 38.5 Å². The second-order valence-electron chi connectivity index (χ2n) is 7.81. The first kappa shape index (κ1) is 18.5. The highest BCUT2D eigenvalue weighted by Gasteiger charge is 2.30. The van der Waals surface area contributed by atoms with Crippen LogP contribution in [-0.4, -0.2) is 41.1 Å². The molecule has 1 saturated heterocycles. The van der Waals surface area contributed by atoms with Gasteiger partial charge >= 0.3 is 5.97 Å². The first-order valence-corrected chi connectivity index (χ1v) is 11.1. The molecule has 0 aromatic carbocycles. The molecule has 1 atom stereocenters. The fourth-order valence-electron chi connectivity index (χ4n) is 4.52. The number of nitrogens with zero attached hydrogens (tertiary/aromatic N) is 4. The van der Waals surface area contributed by atoms with Crippen LogP contribution in [0.4, 0.5) is 5.82 Å². The molecule has 0 amide bonds. The summed E-state index contributed by atoms with van der Waals surface area (Å²) in [6.07, 6.45) is 10.1. The van der Waals surface area contributed by atoms with E-state index in [1.807, 2.05) is 29.7 Å². The predicted molar refractivity (Wildman–Crippen MR) is 114 cm³/mol. The molecule has 0 bridgehead atoms. The number of piperidine rings is 1. The number of pyridine rings is 1. The molecule has 7 heteroatoms. The number of aromatic nitrogens is 3. The molecule has 3 aromatic rings. The van der Waals surface area contributed by atoms with Gasteiger partial charge in [0.05, 0.1) is 18.4 Å². The molecule has 0 saturated carbocycles. The Bertz CT molecular complexity index is 1050. The van der Waals surface area contributed by atoms with Crippen LogP contribution < -0.4 is 4.90 Å². The third-order valence-corrected chi connectivity index (χ3v) is 7.16. The molecule has 0 N–H and O–H groups in total. The number of hydrogen-bond donors (Lipinski definition) is 0. The van der Waals surface area contributed by atoms with Crippen LogP contribution in [0, 0.1) is 5.92 Å². The van der Waals surface area contributed by atoms with Crippen LogP contribution in [0.15, 0.2) is 24.5 Å². The number of ether oxygens (including phenoxy) is 1. The number of thiophene rings is 1. The van der Waals surface area contributed by atoms with E-state index in [0.29, 0.717) is 12.4 Å².